The Kier molecular flexibility index (Phi) is 9.98. The summed E-state index contributed by atoms with van der Waals surface area (Å²) in [6, 6.07) is 11.6. The van der Waals surface area contributed by atoms with Crippen LogP contribution in [0.3, 0.4) is 0 Å². The number of hydrogen-bond donors (Lipinski definition) is 3. The molecular formula is C38H41FN6O5. The maximum atomic E-state index is 14.3. The second kappa shape index (κ2) is 14.5. The first-order valence-corrected chi connectivity index (χ1v) is 16.7. The van der Waals surface area contributed by atoms with Crippen LogP contribution < -0.4 is 10.6 Å². The van der Waals surface area contributed by atoms with Gasteiger partial charge in [-0.15, -0.1) is 0 Å². The minimum absolute atomic E-state index is 0.0906. The number of aromatic hydroxyl groups is 1. The van der Waals surface area contributed by atoms with Crippen molar-refractivity contribution in [3.63, 3.8) is 0 Å². The second-order valence-electron chi connectivity index (χ2n) is 13.3. The van der Waals surface area contributed by atoms with Crippen molar-refractivity contribution in [2.45, 2.75) is 77.7 Å². The number of hydrogen-bond acceptors (Lipinski definition) is 9. The maximum absolute atomic E-state index is 14.3. The average Bonchev–Trinajstić information content (AvgIpc) is 3.89. The highest BCUT2D eigenvalue weighted by Crippen LogP contribution is 2.34. The molecule has 50 heavy (non-hydrogen) atoms. The molecule has 3 aromatic heterocycles. The summed E-state index contributed by atoms with van der Waals surface area (Å²) in [5.41, 5.74) is 3.15. The first-order valence-electron chi connectivity index (χ1n) is 16.7. The van der Waals surface area contributed by atoms with Crippen LogP contribution in [0.15, 0.2) is 82.4 Å². The van der Waals surface area contributed by atoms with E-state index in [9.17, 15) is 19.1 Å². The molecule has 4 heterocycles. The van der Waals surface area contributed by atoms with E-state index in [1.54, 1.807) is 53.8 Å². The van der Waals surface area contributed by atoms with E-state index in [0.717, 1.165) is 29.7 Å². The fourth-order valence-corrected chi connectivity index (χ4v) is 6.08. The maximum Gasteiger partial charge on any atom is 0.254 e. The highest BCUT2D eigenvalue weighted by atomic mass is 19.1. The van der Waals surface area contributed by atoms with Crippen molar-refractivity contribution in [1.29, 1.82) is 0 Å². The summed E-state index contributed by atoms with van der Waals surface area (Å²) in [4.78, 5) is 42.0. The Balaban J connectivity index is 1.10. The number of benzene rings is 2. The smallest absolute Gasteiger partial charge is 0.254 e. The van der Waals surface area contributed by atoms with Gasteiger partial charge in [0.25, 0.3) is 11.8 Å². The molecule has 2 aromatic carbocycles. The van der Waals surface area contributed by atoms with Gasteiger partial charge in [0.2, 0.25) is 11.8 Å². The Morgan fingerprint density at radius 2 is 1.92 bits per heavy atom. The molecule has 0 radical (unpaired) electrons. The van der Waals surface area contributed by atoms with Crippen LogP contribution in [-0.4, -0.2) is 49.4 Å². The van der Waals surface area contributed by atoms with Crippen molar-refractivity contribution < 1.29 is 27.9 Å². The van der Waals surface area contributed by atoms with Gasteiger partial charge in [0.05, 0.1) is 17.6 Å². The van der Waals surface area contributed by atoms with Gasteiger partial charge < -0.3 is 29.5 Å². The van der Waals surface area contributed by atoms with Crippen molar-refractivity contribution >= 4 is 17.5 Å². The van der Waals surface area contributed by atoms with E-state index in [1.165, 1.54) is 32.5 Å². The van der Waals surface area contributed by atoms with Gasteiger partial charge in [-0.3, -0.25) is 14.6 Å². The molecule has 11 nitrogen and oxygen atoms in total. The third kappa shape index (κ3) is 8.02. The number of nitrogens with one attached hydrogen (secondary N) is 2. The topological polar surface area (TPSA) is 147 Å². The molecule has 5 aromatic rings. The fourth-order valence-electron chi connectivity index (χ4n) is 6.08. The molecule has 2 amide bonds. The number of alkyl halides is 1. The number of phenolic OH excluding ortho intramolecular Hbond substituents is 1. The van der Waals surface area contributed by atoms with Gasteiger partial charge in [-0.1, -0.05) is 6.07 Å². The summed E-state index contributed by atoms with van der Waals surface area (Å²) in [5, 5.41) is 16.9. The molecule has 0 unspecified atom stereocenters. The second-order valence-corrected chi connectivity index (χ2v) is 13.3. The van der Waals surface area contributed by atoms with Gasteiger partial charge in [-0.05, 0) is 101 Å². The summed E-state index contributed by atoms with van der Waals surface area (Å²) in [7, 11) is 0. The molecule has 1 aliphatic heterocycles. The lowest BCUT2D eigenvalue weighted by molar-refractivity contribution is 0.0715. The SMILES string of the molecule is Cc1coc([C@H]2CCCN2C(=O)c2cc(C(=O)N[C@@H](C)CCc3ccc(NCc4cncc(C(C)(C)F)c4)c(O)c3)cc(-c3ncco3)c2)n1. The summed E-state index contributed by atoms with van der Waals surface area (Å²) < 4.78 is 25.5. The Morgan fingerprint density at radius 3 is 2.64 bits per heavy atom. The van der Waals surface area contributed by atoms with Crippen molar-refractivity contribution in [1.82, 2.24) is 25.2 Å². The van der Waals surface area contributed by atoms with Crippen LogP contribution in [0.25, 0.3) is 11.5 Å². The number of amides is 2. The summed E-state index contributed by atoms with van der Waals surface area (Å²) >= 11 is 0. The van der Waals surface area contributed by atoms with Gasteiger partial charge in [0, 0.05) is 53.8 Å². The number of aromatic nitrogens is 3. The van der Waals surface area contributed by atoms with Gasteiger partial charge in [0.15, 0.2) is 0 Å². The van der Waals surface area contributed by atoms with Crippen LogP contribution in [0.5, 0.6) is 5.75 Å². The molecule has 3 N–H and O–H groups in total. The standard InChI is InChI=1S/C38H41FN6O5/c1-23(7-8-25-9-10-31(33(46)15-25)42-20-26-14-30(21-40-19-26)38(3,4)39)43-34(47)27-16-28(35-41-11-13-49-35)18-29(17-27)37(48)45-12-5-6-32(45)36-44-24(2)22-50-36/h9-11,13-19,21-23,32,42,46H,5-8,12,20H2,1-4H3,(H,43,47)/t23-,32+/m0/s1. The van der Waals surface area contributed by atoms with E-state index in [0.29, 0.717) is 65.7 Å². The number of likely N-dealkylation sites (tertiary alicyclic amines) is 1. The number of carbonyl (C=O) groups is 2. The largest absolute Gasteiger partial charge is 0.506 e. The molecule has 6 rings (SSSR count). The molecule has 0 spiro atoms. The number of pyridine rings is 1. The summed E-state index contributed by atoms with van der Waals surface area (Å²) in [6.07, 6.45) is 10.5. The van der Waals surface area contributed by atoms with E-state index in [4.69, 9.17) is 8.83 Å². The van der Waals surface area contributed by atoms with E-state index >= 15 is 0 Å². The Bertz CT molecular complexity index is 1970. The van der Waals surface area contributed by atoms with Crippen LogP contribution in [0.1, 0.15) is 95.1 Å². The van der Waals surface area contributed by atoms with Gasteiger partial charge in [-0.25, -0.2) is 14.4 Å². The zero-order valence-electron chi connectivity index (χ0n) is 28.6. The molecule has 0 bridgehead atoms. The molecule has 1 fully saturated rings. The number of halogens is 1. The third-order valence-electron chi connectivity index (χ3n) is 8.83. The number of aryl methyl sites for hydroxylation is 2. The molecule has 1 saturated heterocycles. The van der Waals surface area contributed by atoms with Crippen LogP contribution >= 0.6 is 0 Å². The summed E-state index contributed by atoms with van der Waals surface area (Å²) in [6.45, 7) is 7.64. The Labute approximate surface area is 290 Å². The lowest BCUT2D eigenvalue weighted by Crippen LogP contribution is -2.34. The van der Waals surface area contributed by atoms with E-state index < -0.39 is 5.67 Å². The highest BCUT2D eigenvalue weighted by molar-refractivity contribution is 6.01. The van der Waals surface area contributed by atoms with Crippen molar-refractivity contribution in [3.8, 4) is 17.2 Å². The van der Waals surface area contributed by atoms with E-state index in [2.05, 4.69) is 25.6 Å². The minimum Gasteiger partial charge on any atom is -0.506 e. The van der Waals surface area contributed by atoms with Crippen molar-refractivity contribution in [2.24, 2.45) is 0 Å². The zero-order chi connectivity index (χ0) is 35.4. The lowest BCUT2D eigenvalue weighted by Gasteiger charge is -2.23. The highest BCUT2D eigenvalue weighted by Gasteiger charge is 2.34. The molecule has 2 atom stereocenters. The fraction of sp³-hybridized carbons (Fsp3) is 0.342. The third-order valence-corrected chi connectivity index (χ3v) is 8.83. The molecule has 12 heteroatoms. The Hall–Kier alpha value is -5.52. The predicted octanol–water partition coefficient (Wildman–Crippen LogP) is 7.28. The predicted molar refractivity (Wildman–Crippen MR) is 185 cm³/mol. The van der Waals surface area contributed by atoms with Crippen molar-refractivity contribution in [3.05, 3.63) is 113 Å². The van der Waals surface area contributed by atoms with Crippen LogP contribution in [0.4, 0.5) is 10.1 Å². The van der Waals surface area contributed by atoms with Gasteiger partial charge in [0.1, 0.15) is 30.0 Å². The zero-order valence-corrected chi connectivity index (χ0v) is 28.6. The van der Waals surface area contributed by atoms with Crippen LogP contribution in [0, 0.1) is 6.92 Å². The number of anilines is 1. The number of rotatable bonds is 12. The van der Waals surface area contributed by atoms with Crippen molar-refractivity contribution in [2.75, 3.05) is 11.9 Å². The van der Waals surface area contributed by atoms with Crippen LogP contribution in [0.2, 0.25) is 0 Å². The van der Waals surface area contributed by atoms with E-state index in [1.807, 2.05) is 19.9 Å². The lowest BCUT2D eigenvalue weighted by atomic mass is 10.0. The quantitative estimate of drug-likeness (QED) is 0.116. The van der Waals surface area contributed by atoms with Gasteiger partial charge >= 0.3 is 0 Å². The van der Waals surface area contributed by atoms with E-state index in [-0.39, 0.29) is 29.6 Å². The summed E-state index contributed by atoms with van der Waals surface area (Å²) in [5.74, 6) is 0.330. The number of carbonyl (C=O) groups excluding carboxylic acids is 2. The normalized spacial score (nSPS) is 15.2. The molecular weight excluding hydrogens is 639 g/mol. The molecule has 1 aliphatic rings. The van der Waals surface area contributed by atoms with Crippen LogP contribution in [-0.2, 0) is 18.6 Å². The number of oxazole rings is 2. The molecule has 260 valence electrons. The molecule has 0 aliphatic carbocycles. The first kappa shape index (κ1) is 34.3. The van der Waals surface area contributed by atoms with Gasteiger partial charge in [-0.2, -0.15) is 0 Å². The molecule has 0 saturated carbocycles. The average molecular weight is 681 g/mol. The monoisotopic (exact) mass is 680 g/mol. The first-order chi connectivity index (χ1) is 23.9. The minimum atomic E-state index is -1.50. The number of phenols is 1. The number of nitrogens with zero attached hydrogens (tertiary/aromatic N) is 4. The Morgan fingerprint density at radius 1 is 1.10 bits per heavy atom.